The third kappa shape index (κ3) is 4.61. The van der Waals surface area contributed by atoms with Gasteiger partial charge in [-0.2, -0.15) is 13.2 Å². The van der Waals surface area contributed by atoms with E-state index in [1.165, 1.54) is 17.0 Å². The lowest BCUT2D eigenvalue weighted by molar-refractivity contribution is -0.137. The molecule has 1 heterocycles. The summed E-state index contributed by atoms with van der Waals surface area (Å²) in [5.74, 6) is -0.101. The van der Waals surface area contributed by atoms with Crippen LogP contribution in [0.25, 0.3) is 0 Å². The normalized spacial score (nSPS) is 17.2. The molecule has 1 aliphatic rings. The van der Waals surface area contributed by atoms with Gasteiger partial charge >= 0.3 is 12.2 Å². The van der Waals surface area contributed by atoms with Crippen LogP contribution in [-0.2, 0) is 11.0 Å². The highest BCUT2D eigenvalue weighted by molar-refractivity contribution is 5.79. The molecule has 3 amide bonds. The maximum atomic E-state index is 12.5. The summed E-state index contributed by atoms with van der Waals surface area (Å²) in [6.45, 7) is 2.80. The van der Waals surface area contributed by atoms with Crippen LogP contribution in [0.5, 0.6) is 0 Å². The number of benzene rings is 1. The van der Waals surface area contributed by atoms with Crippen LogP contribution >= 0.6 is 0 Å². The molecule has 2 rings (SSSR count). The number of nitrogens with one attached hydrogen (secondary N) is 2. The Labute approximate surface area is 131 Å². The molecule has 0 saturated carbocycles. The molecular formula is C15H18F3N3O2. The van der Waals surface area contributed by atoms with Crippen LogP contribution in [-0.4, -0.2) is 36.5 Å². The summed E-state index contributed by atoms with van der Waals surface area (Å²) in [6.07, 6.45) is -4.14. The van der Waals surface area contributed by atoms with Crippen molar-refractivity contribution < 1.29 is 22.8 Å². The third-order valence-electron chi connectivity index (χ3n) is 3.68. The first kappa shape index (κ1) is 17.1. The van der Waals surface area contributed by atoms with Crippen LogP contribution in [0, 0.1) is 0 Å². The Bertz CT molecular complexity index is 572. The first-order chi connectivity index (χ1) is 10.8. The van der Waals surface area contributed by atoms with Crippen LogP contribution in [0.15, 0.2) is 24.3 Å². The van der Waals surface area contributed by atoms with Gasteiger partial charge in [0.15, 0.2) is 0 Å². The number of urea groups is 1. The predicted octanol–water partition coefficient (Wildman–Crippen LogP) is 2.30. The van der Waals surface area contributed by atoms with Crippen molar-refractivity contribution in [1.82, 2.24) is 15.5 Å². The Balaban J connectivity index is 1.96. The number of hydrogen-bond acceptors (Lipinski definition) is 2. The molecule has 0 radical (unpaired) electrons. The molecule has 126 valence electrons. The van der Waals surface area contributed by atoms with E-state index >= 15 is 0 Å². The van der Waals surface area contributed by atoms with E-state index in [1.807, 2.05) is 0 Å². The molecule has 1 aromatic rings. The average Bonchev–Trinajstić information content (AvgIpc) is 2.71. The van der Waals surface area contributed by atoms with Gasteiger partial charge in [-0.3, -0.25) is 4.79 Å². The molecule has 1 aliphatic heterocycles. The first-order valence-electron chi connectivity index (χ1n) is 7.26. The minimum atomic E-state index is -4.38. The fraction of sp³-hybridized carbons (Fsp3) is 0.467. The summed E-state index contributed by atoms with van der Waals surface area (Å²) in [7, 11) is 0. The van der Waals surface area contributed by atoms with Crippen molar-refractivity contribution in [3.05, 3.63) is 35.4 Å². The molecule has 8 heteroatoms. The van der Waals surface area contributed by atoms with Gasteiger partial charge < -0.3 is 15.5 Å². The molecular weight excluding hydrogens is 311 g/mol. The minimum Gasteiger partial charge on any atom is -0.354 e. The van der Waals surface area contributed by atoms with E-state index in [0.717, 1.165) is 12.1 Å². The number of alkyl halides is 3. The van der Waals surface area contributed by atoms with Crippen LogP contribution in [0.2, 0.25) is 0 Å². The summed E-state index contributed by atoms with van der Waals surface area (Å²) >= 11 is 0. The molecule has 1 saturated heterocycles. The summed E-state index contributed by atoms with van der Waals surface area (Å²) in [5, 5.41) is 5.40. The number of rotatable bonds is 2. The Kier molecular flexibility index (Phi) is 5.12. The minimum absolute atomic E-state index is 0.101. The summed E-state index contributed by atoms with van der Waals surface area (Å²) in [4.78, 5) is 24.9. The van der Waals surface area contributed by atoms with E-state index in [-0.39, 0.29) is 18.4 Å². The van der Waals surface area contributed by atoms with Crippen molar-refractivity contribution in [3.63, 3.8) is 0 Å². The van der Waals surface area contributed by atoms with Crippen molar-refractivity contribution in [1.29, 1.82) is 0 Å². The second-order valence-corrected chi connectivity index (χ2v) is 5.38. The zero-order chi connectivity index (χ0) is 17.0. The second-order valence-electron chi connectivity index (χ2n) is 5.38. The number of hydrogen-bond donors (Lipinski definition) is 2. The van der Waals surface area contributed by atoms with Crippen molar-refractivity contribution >= 4 is 11.9 Å². The highest BCUT2D eigenvalue weighted by Gasteiger charge is 2.30. The Morgan fingerprint density at radius 1 is 1.26 bits per heavy atom. The fourth-order valence-corrected chi connectivity index (χ4v) is 2.29. The SMILES string of the molecule is C[C@@H](NC(=O)N1CCNC(=O)CC1)c1ccc(C(F)(F)F)cc1. The molecule has 0 spiro atoms. The van der Waals surface area contributed by atoms with E-state index in [4.69, 9.17) is 0 Å². The third-order valence-corrected chi connectivity index (χ3v) is 3.68. The van der Waals surface area contributed by atoms with Crippen molar-refractivity contribution in [3.8, 4) is 0 Å². The Morgan fingerprint density at radius 2 is 1.91 bits per heavy atom. The van der Waals surface area contributed by atoms with Gasteiger partial charge in [0.05, 0.1) is 11.6 Å². The maximum Gasteiger partial charge on any atom is 0.416 e. The number of carbonyl (C=O) groups excluding carboxylic acids is 2. The number of carbonyl (C=O) groups is 2. The molecule has 1 atom stereocenters. The molecule has 5 nitrogen and oxygen atoms in total. The molecule has 2 N–H and O–H groups in total. The van der Waals surface area contributed by atoms with Crippen LogP contribution in [0.4, 0.5) is 18.0 Å². The van der Waals surface area contributed by atoms with E-state index in [9.17, 15) is 22.8 Å². The molecule has 0 aromatic heterocycles. The lowest BCUT2D eigenvalue weighted by Gasteiger charge is -2.23. The maximum absolute atomic E-state index is 12.5. The highest BCUT2D eigenvalue weighted by atomic mass is 19.4. The van der Waals surface area contributed by atoms with Gasteiger partial charge in [-0.25, -0.2) is 4.79 Å². The van der Waals surface area contributed by atoms with Crippen molar-refractivity contribution in [2.75, 3.05) is 19.6 Å². The van der Waals surface area contributed by atoms with Crippen molar-refractivity contribution in [2.24, 2.45) is 0 Å². The quantitative estimate of drug-likeness (QED) is 0.875. The summed E-state index contributed by atoms with van der Waals surface area (Å²) in [6, 6.07) is 3.91. The van der Waals surface area contributed by atoms with E-state index in [1.54, 1.807) is 6.92 Å². The topological polar surface area (TPSA) is 61.4 Å². The highest BCUT2D eigenvalue weighted by Crippen LogP contribution is 2.29. The summed E-state index contributed by atoms with van der Waals surface area (Å²) < 4.78 is 37.6. The first-order valence-corrected chi connectivity index (χ1v) is 7.26. The molecule has 1 aromatic carbocycles. The van der Waals surface area contributed by atoms with Gasteiger partial charge in [-0.05, 0) is 24.6 Å². The molecule has 0 unspecified atom stereocenters. The van der Waals surface area contributed by atoms with Gasteiger partial charge in [-0.15, -0.1) is 0 Å². The zero-order valence-corrected chi connectivity index (χ0v) is 12.6. The number of amides is 3. The van der Waals surface area contributed by atoms with Crippen molar-refractivity contribution in [2.45, 2.75) is 25.6 Å². The van der Waals surface area contributed by atoms with E-state index in [0.29, 0.717) is 25.2 Å². The molecule has 23 heavy (non-hydrogen) atoms. The fourth-order valence-electron chi connectivity index (χ4n) is 2.29. The smallest absolute Gasteiger partial charge is 0.354 e. The van der Waals surface area contributed by atoms with Gasteiger partial charge in [0, 0.05) is 26.1 Å². The average molecular weight is 329 g/mol. The van der Waals surface area contributed by atoms with E-state index < -0.39 is 17.8 Å². The molecule has 1 fully saturated rings. The molecule has 0 bridgehead atoms. The summed E-state index contributed by atoms with van der Waals surface area (Å²) in [5.41, 5.74) is -0.146. The van der Waals surface area contributed by atoms with Crippen LogP contribution in [0.1, 0.15) is 30.5 Å². The Morgan fingerprint density at radius 3 is 2.52 bits per heavy atom. The van der Waals surface area contributed by atoms with Crippen LogP contribution in [0.3, 0.4) is 0 Å². The van der Waals surface area contributed by atoms with Gasteiger partial charge in [0.1, 0.15) is 0 Å². The number of nitrogens with zero attached hydrogens (tertiary/aromatic N) is 1. The standard InChI is InChI=1S/C15H18F3N3O2/c1-10(11-2-4-12(5-3-11)15(16,17)18)20-14(23)21-8-6-13(22)19-7-9-21/h2-5,10H,6-9H2,1H3,(H,19,22)(H,20,23)/t10-/m1/s1. The number of halogens is 3. The zero-order valence-electron chi connectivity index (χ0n) is 12.6. The predicted molar refractivity (Wildman–Crippen MR) is 77.6 cm³/mol. The van der Waals surface area contributed by atoms with Gasteiger partial charge in [-0.1, -0.05) is 12.1 Å². The lowest BCUT2D eigenvalue weighted by atomic mass is 10.1. The monoisotopic (exact) mass is 329 g/mol. The molecule has 0 aliphatic carbocycles. The van der Waals surface area contributed by atoms with Crippen LogP contribution < -0.4 is 10.6 Å². The largest absolute Gasteiger partial charge is 0.416 e. The second kappa shape index (κ2) is 6.89. The lowest BCUT2D eigenvalue weighted by Crippen LogP contribution is -2.42. The van der Waals surface area contributed by atoms with E-state index in [2.05, 4.69) is 10.6 Å². The van der Waals surface area contributed by atoms with Gasteiger partial charge in [0.2, 0.25) is 5.91 Å². The van der Waals surface area contributed by atoms with Gasteiger partial charge in [0.25, 0.3) is 0 Å². The Hall–Kier alpha value is -2.25.